The van der Waals surface area contributed by atoms with Crippen LogP contribution in [0.1, 0.15) is 59.8 Å². The number of unbranched alkanes of at least 4 members (excludes halogenated alkanes) is 3. The highest BCUT2D eigenvalue weighted by molar-refractivity contribution is 4.69. The van der Waals surface area contributed by atoms with Gasteiger partial charge in [0.1, 0.15) is 0 Å². The summed E-state index contributed by atoms with van der Waals surface area (Å²) in [6.07, 6.45) is 6.68. The standard InChI is InChI=1S/C17H39N3/c1-7-20(16-12-14-19(5)6)15-11-9-8-10-13-18-17(2,3)4/h18H,7-16H2,1-6H3. The number of nitrogens with zero attached hydrogens (tertiary/aromatic N) is 2. The first-order valence-corrected chi connectivity index (χ1v) is 8.47. The Morgan fingerprint density at radius 3 is 1.95 bits per heavy atom. The lowest BCUT2D eigenvalue weighted by Crippen LogP contribution is -2.36. The summed E-state index contributed by atoms with van der Waals surface area (Å²) in [5.74, 6) is 0. The smallest absolute Gasteiger partial charge is 0.00965 e. The molecule has 0 fully saturated rings. The molecule has 0 aromatic heterocycles. The Kier molecular flexibility index (Phi) is 11.5. The van der Waals surface area contributed by atoms with E-state index in [0.29, 0.717) is 0 Å². The second-order valence-electron chi connectivity index (χ2n) is 7.18. The van der Waals surface area contributed by atoms with Gasteiger partial charge in [0.25, 0.3) is 0 Å². The summed E-state index contributed by atoms with van der Waals surface area (Å²) in [5, 5.41) is 3.56. The van der Waals surface area contributed by atoms with Crippen LogP contribution in [0.15, 0.2) is 0 Å². The van der Waals surface area contributed by atoms with Gasteiger partial charge in [0.2, 0.25) is 0 Å². The molecule has 122 valence electrons. The summed E-state index contributed by atoms with van der Waals surface area (Å²) in [7, 11) is 4.31. The summed E-state index contributed by atoms with van der Waals surface area (Å²) in [6.45, 7) is 15.1. The van der Waals surface area contributed by atoms with E-state index in [-0.39, 0.29) is 5.54 Å². The first-order chi connectivity index (χ1) is 9.35. The van der Waals surface area contributed by atoms with Gasteiger partial charge in [-0.25, -0.2) is 0 Å². The van der Waals surface area contributed by atoms with E-state index in [1.165, 1.54) is 58.3 Å². The van der Waals surface area contributed by atoms with Gasteiger partial charge >= 0.3 is 0 Å². The molecule has 0 amide bonds. The molecule has 0 aliphatic carbocycles. The maximum absolute atomic E-state index is 3.56. The van der Waals surface area contributed by atoms with E-state index >= 15 is 0 Å². The molecule has 0 unspecified atom stereocenters. The van der Waals surface area contributed by atoms with Crippen molar-refractivity contribution in [3.63, 3.8) is 0 Å². The number of hydrogen-bond acceptors (Lipinski definition) is 3. The van der Waals surface area contributed by atoms with Crippen LogP contribution in [-0.4, -0.2) is 62.2 Å². The molecule has 0 rings (SSSR count). The Labute approximate surface area is 128 Å². The van der Waals surface area contributed by atoms with E-state index in [4.69, 9.17) is 0 Å². The Balaban J connectivity index is 3.42. The second kappa shape index (κ2) is 11.5. The van der Waals surface area contributed by atoms with Gasteiger partial charge in [-0.15, -0.1) is 0 Å². The molecule has 0 saturated carbocycles. The van der Waals surface area contributed by atoms with E-state index < -0.39 is 0 Å². The molecule has 0 radical (unpaired) electrons. The van der Waals surface area contributed by atoms with E-state index in [9.17, 15) is 0 Å². The predicted molar refractivity (Wildman–Crippen MR) is 91.5 cm³/mol. The highest BCUT2D eigenvalue weighted by Crippen LogP contribution is 2.04. The van der Waals surface area contributed by atoms with Gasteiger partial charge in [-0.3, -0.25) is 0 Å². The maximum Gasteiger partial charge on any atom is 0.00965 e. The maximum atomic E-state index is 3.56. The lowest BCUT2D eigenvalue weighted by atomic mass is 10.1. The Bertz CT molecular complexity index is 209. The van der Waals surface area contributed by atoms with Crippen LogP contribution in [0.3, 0.4) is 0 Å². The highest BCUT2D eigenvalue weighted by atomic mass is 15.1. The molecule has 0 aliphatic rings. The highest BCUT2D eigenvalue weighted by Gasteiger charge is 2.07. The second-order valence-corrected chi connectivity index (χ2v) is 7.18. The van der Waals surface area contributed by atoms with Gasteiger partial charge in [0.05, 0.1) is 0 Å². The molecule has 0 bridgehead atoms. The van der Waals surface area contributed by atoms with Crippen LogP contribution >= 0.6 is 0 Å². The topological polar surface area (TPSA) is 18.5 Å². The fourth-order valence-corrected chi connectivity index (χ4v) is 2.32. The number of nitrogens with one attached hydrogen (secondary N) is 1. The van der Waals surface area contributed by atoms with E-state index in [0.717, 1.165) is 6.54 Å². The van der Waals surface area contributed by atoms with E-state index in [1.807, 2.05) is 0 Å². The van der Waals surface area contributed by atoms with Crippen LogP contribution in [0.4, 0.5) is 0 Å². The average molecular weight is 286 g/mol. The third-order valence-corrected chi connectivity index (χ3v) is 3.58. The van der Waals surface area contributed by atoms with E-state index in [1.54, 1.807) is 0 Å². The van der Waals surface area contributed by atoms with Crippen LogP contribution < -0.4 is 5.32 Å². The van der Waals surface area contributed by atoms with Gasteiger partial charge in [-0.2, -0.15) is 0 Å². The molecule has 0 saturated heterocycles. The molecule has 0 spiro atoms. The molecule has 3 nitrogen and oxygen atoms in total. The molecule has 0 heterocycles. The summed E-state index contributed by atoms with van der Waals surface area (Å²) < 4.78 is 0. The molecular weight excluding hydrogens is 246 g/mol. The van der Waals surface area contributed by atoms with Gasteiger partial charge in [0, 0.05) is 5.54 Å². The molecule has 0 aromatic carbocycles. The van der Waals surface area contributed by atoms with Crippen molar-refractivity contribution in [1.29, 1.82) is 0 Å². The average Bonchev–Trinajstić information content (AvgIpc) is 2.33. The first kappa shape index (κ1) is 19.9. The molecule has 1 N–H and O–H groups in total. The largest absolute Gasteiger partial charge is 0.312 e. The van der Waals surface area contributed by atoms with Crippen molar-refractivity contribution in [2.75, 3.05) is 46.8 Å². The van der Waals surface area contributed by atoms with Crippen molar-refractivity contribution in [3.8, 4) is 0 Å². The normalized spacial score (nSPS) is 12.6. The van der Waals surface area contributed by atoms with Crippen molar-refractivity contribution in [3.05, 3.63) is 0 Å². The fourth-order valence-electron chi connectivity index (χ4n) is 2.32. The minimum atomic E-state index is 0.269. The molecule has 3 heteroatoms. The fraction of sp³-hybridized carbons (Fsp3) is 1.00. The third-order valence-electron chi connectivity index (χ3n) is 3.58. The van der Waals surface area contributed by atoms with Crippen molar-refractivity contribution >= 4 is 0 Å². The van der Waals surface area contributed by atoms with Crippen molar-refractivity contribution < 1.29 is 0 Å². The predicted octanol–water partition coefficient (Wildman–Crippen LogP) is 3.21. The lowest BCUT2D eigenvalue weighted by Gasteiger charge is -2.22. The molecule has 0 aliphatic heterocycles. The van der Waals surface area contributed by atoms with Crippen LogP contribution in [0, 0.1) is 0 Å². The molecule has 0 atom stereocenters. The van der Waals surface area contributed by atoms with Gasteiger partial charge in [-0.05, 0) is 86.9 Å². The SMILES string of the molecule is CCN(CCCCCCNC(C)(C)C)CCCN(C)C. The van der Waals surface area contributed by atoms with Crippen molar-refractivity contribution in [2.24, 2.45) is 0 Å². The zero-order valence-electron chi connectivity index (χ0n) is 15.0. The number of rotatable bonds is 12. The Morgan fingerprint density at radius 2 is 1.40 bits per heavy atom. The minimum absolute atomic E-state index is 0.269. The van der Waals surface area contributed by atoms with Gasteiger partial charge in [0.15, 0.2) is 0 Å². The monoisotopic (exact) mass is 285 g/mol. The van der Waals surface area contributed by atoms with Gasteiger partial charge < -0.3 is 15.1 Å². The van der Waals surface area contributed by atoms with Crippen molar-refractivity contribution in [1.82, 2.24) is 15.1 Å². The van der Waals surface area contributed by atoms with Crippen molar-refractivity contribution in [2.45, 2.75) is 65.3 Å². The quantitative estimate of drug-likeness (QED) is 0.556. The minimum Gasteiger partial charge on any atom is -0.312 e. The van der Waals surface area contributed by atoms with Crippen LogP contribution in [-0.2, 0) is 0 Å². The zero-order valence-corrected chi connectivity index (χ0v) is 15.0. The Hall–Kier alpha value is -0.120. The third kappa shape index (κ3) is 14.3. The zero-order chi connectivity index (χ0) is 15.4. The summed E-state index contributed by atoms with van der Waals surface area (Å²) in [6, 6.07) is 0. The summed E-state index contributed by atoms with van der Waals surface area (Å²) in [4.78, 5) is 4.87. The van der Waals surface area contributed by atoms with Crippen LogP contribution in [0.5, 0.6) is 0 Å². The van der Waals surface area contributed by atoms with Gasteiger partial charge in [-0.1, -0.05) is 19.8 Å². The Morgan fingerprint density at radius 1 is 0.800 bits per heavy atom. The first-order valence-electron chi connectivity index (χ1n) is 8.47. The van der Waals surface area contributed by atoms with E-state index in [2.05, 4.69) is 56.9 Å². The lowest BCUT2D eigenvalue weighted by molar-refractivity contribution is 0.260. The van der Waals surface area contributed by atoms with Crippen LogP contribution in [0.2, 0.25) is 0 Å². The summed E-state index contributed by atoms with van der Waals surface area (Å²) >= 11 is 0. The number of hydrogen-bond donors (Lipinski definition) is 1. The van der Waals surface area contributed by atoms with Crippen LogP contribution in [0.25, 0.3) is 0 Å². The molecular formula is C17H39N3. The molecule has 0 aromatic rings. The molecule has 20 heavy (non-hydrogen) atoms. The summed E-state index contributed by atoms with van der Waals surface area (Å²) in [5.41, 5.74) is 0.269.